The molecule has 1 aromatic heterocycles. The largest absolute Gasteiger partial charge is 0.508 e. The van der Waals surface area contributed by atoms with Crippen LogP contribution < -0.4 is 4.74 Å². The quantitative estimate of drug-likeness (QED) is 0.300. The number of phenols is 1. The lowest BCUT2D eigenvalue weighted by molar-refractivity contribution is 0.0668. The minimum Gasteiger partial charge on any atom is -0.508 e. The molecular weight excluding hydrogens is 486 g/mol. The number of alkyl halides is 1. The Hall–Kier alpha value is -3.55. The summed E-state index contributed by atoms with van der Waals surface area (Å²) < 4.78 is 33.3. The van der Waals surface area contributed by atoms with Crippen molar-refractivity contribution in [2.24, 2.45) is 5.92 Å². The Bertz CT molecular complexity index is 1420. The number of pyridine rings is 1. The van der Waals surface area contributed by atoms with Crippen LogP contribution in [-0.4, -0.2) is 53.7 Å². The maximum absolute atomic E-state index is 14.9. The van der Waals surface area contributed by atoms with Gasteiger partial charge in [-0.1, -0.05) is 23.7 Å². The molecule has 0 spiro atoms. The number of benzene rings is 3. The smallest absolute Gasteiger partial charge is 0.194 e. The lowest BCUT2D eigenvalue weighted by Gasteiger charge is -2.37. The summed E-state index contributed by atoms with van der Waals surface area (Å²) >= 11 is 6.01. The van der Waals surface area contributed by atoms with Crippen LogP contribution in [-0.2, 0) is 0 Å². The molecule has 0 amide bonds. The number of rotatable bonds is 8. The SMILES string of the molecule is O=C(c1ccc(OCCN2CC(CF)C2)cc1)c1c(-c2cccc(Cl)c2F)cnc2cc(O)ccc12. The van der Waals surface area contributed by atoms with Gasteiger partial charge >= 0.3 is 0 Å². The molecule has 184 valence electrons. The van der Waals surface area contributed by atoms with Gasteiger partial charge in [-0.15, -0.1) is 0 Å². The second kappa shape index (κ2) is 10.2. The summed E-state index contributed by atoms with van der Waals surface area (Å²) in [6.07, 6.45) is 1.42. The Morgan fingerprint density at radius 1 is 1.11 bits per heavy atom. The molecule has 4 aromatic rings. The maximum atomic E-state index is 14.9. The molecule has 0 aliphatic carbocycles. The van der Waals surface area contributed by atoms with Crippen LogP contribution in [0.5, 0.6) is 11.5 Å². The van der Waals surface area contributed by atoms with Gasteiger partial charge in [-0.2, -0.15) is 0 Å². The minimum absolute atomic E-state index is 0.00929. The minimum atomic E-state index is -0.642. The van der Waals surface area contributed by atoms with E-state index in [0.29, 0.717) is 40.9 Å². The van der Waals surface area contributed by atoms with Gasteiger partial charge in [-0.3, -0.25) is 19.1 Å². The van der Waals surface area contributed by atoms with E-state index in [2.05, 4.69) is 9.88 Å². The van der Waals surface area contributed by atoms with Crippen LogP contribution in [0.2, 0.25) is 5.02 Å². The molecule has 1 fully saturated rings. The van der Waals surface area contributed by atoms with E-state index in [1.54, 1.807) is 42.5 Å². The van der Waals surface area contributed by atoms with Crippen molar-refractivity contribution in [1.82, 2.24) is 9.88 Å². The number of ether oxygens (including phenoxy) is 1. The van der Waals surface area contributed by atoms with Crippen LogP contribution in [0.15, 0.2) is 66.9 Å². The van der Waals surface area contributed by atoms with E-state index in [4.69, 9.17) is 16.3 Å². The van der Waals surface area contributed by atoms with Gasteiger partial charge in [-0.05, 0) is 42.5 Å². The van der Waals surface area contributed by atoms with Crippen molar-refractivity contribution in [2.45, 2.75) is 0 Å². The summed E-state index contributed by atoms with van der Waals surface area (Å²) in [5, 5.41) is 10.3. The van der Waals surface area contributed by atoms with Gasteiger partial charge in [-0.25, -0.2) is 4.39 Å². The lowest BCUT2D eigenvalue weighted by atomic mass is 9.91. The Balaban J connectivity index is 1.44. The van der Waals surface area contributed by atoms with Crippen LogP contribution in [0, 0.1) is 11.7 Å². The van der Waals surface area contributed by atoms with Gasteiger partial charge in [0.1, 0.15) is 23.9 Å². The van der Waals surface area contributed by atoms with Gasteiger partial charge in [0.15, 0.2) is 5.78 Å². The number of hydrogen-bond donors (Lipinski definition) is 1. The van der Waals surface area contributed by atoms with Crippen molar-refractivity contribution in [1.29, 1.82) is 0 Å². The first kappa shape index (κ1) is 24.2. The number of fused-ring (bicyclic) bond motifs is 1. The molecule has 1 N–H and O–H groups in total. The van der Waals surface area contributed by atoms with Gasteiger partial charge < -0.3 is 9.84 Å². The Morgan fingerprint density at radius 3 is 2.64 bits per heavy atom. The number of carbonyl (C=O) groups is 1. The molecule has 0 bridgehead atoms. The van der Waals surface area contributed by atoms with Gasteiger partial charge in [0.2, 0.25) is 0 Å². The van der Waals surface area contributed by atoms with Crippen molar-refractivity contribution in [2.75, 3.05) is 32.9 Å². The zero-order valence-electron chi connectivity index (χ0n) is 19.3. The predicted molar refractivity (Wildman–Crippen MR) is 135 cm³/mol. The fraction of sp³-hybridized carbons (Fsp3) is 0.214. The molecule has 1 aliphatic heterocycles. The summed E-state index contributed by atoms with van der Waals surface area (Å²) in [5.74, 6) is -0.215. The average molecular weight is 509 g/mol. The number of phenolic OH excluding ortho intramolecular Hbond substituents is 1. The van der Waals surface area contributed by atoms with Crippen LogP contribution in [0.4, 0.5) is 8.78 Å². The van der Waals surface area contributed by atoms with Crippen molar-refractivity contribution in [3.05, 3.63) is 88.8 Å². The molecule has 0 unspecified atom stereocenters. The first-order chi connectivity index (χ1) is 17.4. The number of hydrogen-bond acceptors (Lipinski definition) is 5. The third-order valence-corrected chi connectivity index (χ3v) is 6.66. The number of aromatic hydroxyl groups is 1. The van der Waals surface area contributed by atoms with Crippen molar-refractivity contribution >= 4 is 28.3 Å². The number of likely N-dealkylation sites (tertiary alicyclic amines) is 1. The topological polar surface area (TPSA) is 62.7 Å². The van der Waals surface area contributed by atoms with E-state index in [1.165, 1.54) is 24.4 Å². The number of aromatic nitrogens is 1. The average Bonchev–Trinajstić information content (AvgIpc) is 2.86. The molecule has 1 saturated heterocycles. The van der Waals surface area contributed by atoms with E-state index in [1.807, 2.05) is 0 Å². The standard InChI is InChI=1S/C28H23ClF2N2O3/c29-24-3-1-2-21(27(24)31)23-14-32-25-12-19(34)6-9-22(25)26(23)28(35)18-4-7-20(8-5-18)36-11-10-33-15-17(13-30)16-33/h1-9,12,14,17,34H,10-11,13,15-16H2. The number of nitrogens with zero attached hydrogens (tertiary/aromatic N) is 2. The van der Waals surface area contributed by atoms with Crippen LogP contribution in [0.3, 0.4) is 0 Å². The summed E-state index contributed by atoms with van der Waals surface area (Å²) in [5.41, 5.74) is 1.52. The highest BCUT2D eigenvalue weighted by Gasteiger charge is 2.26. The highest BCUT2D eigenvalue weighted by Crippen LogP contribution is 2.35. The molecule has 5 rings (SSSR count). The summed E-state index contributed by atoms with van der Waals surface area (Å²) in [4.78, 5) is 20.2. The lowest BCUT2D eigenvalue weighted by Crippen LogP contribution is -2.49. The zero-order chi connectivity index (χ0) is 25.2. The Morgan fingerprint density at radius 2 is 1.89 bits per heavy atom. The normalized spacial score (nSPS) is 14.1. The van der Waals surface area contributed by atoms with E-state index in [-0.39, 0.29) is 40.3 Å². The molecular formula is C28H23ClF2N2O3. The molecule has 0 atom stereocenters. The molecule has 1 aliphatic rings. The highest BCUT2D eigenvalue weighted by atomic mass is 35.5. The molecule has 0 saturated carbocycles. The highest BCUT2D eigenvalue weighted by molar-refractivity contribution is 6.31. The Labute approximate surface area is 211 Å². The fourth-order valence-corrected chi connectivity index (χ4v) is 4.61. The van der Waals surface area contributed by atoms with E-state index >= 15 is 0 Å². The maximum Gasteiger partial charge on any atom is 0.194 e. The van der Waals surface area contributed by atoms with Crippen LogP contribution in [0.25, 0.3) is 22.0 Å². The number of carbonyl (C=O) groups excluding carboxylic acids is 1. The van der Waals surface area contributed by atoms with Crippen molar-refractivity contribution in [3.8, 4) is 22.6 Å². The molecule has 8 heteroatoms. The number of ketones is 1. The Kier molecular flexibility index (Phi) is 6.85. The number of halogens is 3. The van der Waals surface area contributed by atoms with Crippen LogP contribution in [0.1, 0.15) is 15.9 Å². The molecule has 2 heterocycles. The fourth-order valence-electron chi connectivity index (χ4n) is 4.44. The molecule has 5 nitrogen and oxygen atoms in total. The first-order valence-corrected chi connectivity index (χ1v) is 11.9. The molecule has 3 aromatic carbocycles. The monoisotopic (exact) mass is 508 g/mol. The van der Waals surface area contributed by atoms with E-state index in [0.717, 1.165) is 13.1 Å². The third-order valence-electron chi connectivity index (χ3n) is 6.37. The summed E-state index contributed by atoms with van der Waals surface area (Å²) in [6.45, 7) is 2.39. The third kappa shape index (κ3) is 4.76. The predicted octanol–water partition coefficient (Wildman–Crippen LogP) is 5.91. The zero-order valence-corrected chi connectivity index (χ0v) is 20.0. The molecule has 0 radical (unpaired) electrons. The van der Waals surface area contributed by atoms with E-state index in [9.17, 15) is 18.7 Å². The van der Waals surface area contributed by atoms with Crippen molar-refractivity contribution < 1.29 is 23.4 Å². The van der Waals surface area contributed by atoms with Crippen molar-refractivity contribution in [3.63, 3.8) is 0 Å². The van der Waals surface area contributed by atoms with Gasteiger partial charge in [0.25, 0.3) is 0 Å². The second-order valence-corrected chi connectivity index (χ2v) is 9.24. The van der Waals surface area contributed by atoms with Crippen LogP contribution >= 0.6 is 11.6 Å². The summed E-state index contributed by atoms with van der Waals surface area (Å²) in [6, 6.07) is 15.8. The van der Waals surface area contributed by atoms with Gasteiger partial charge in [0.05, 0.1) is 17.2 Å². The van der Waals surface area contributed by atoms with Gasteiger partial charge in [0, 0.05) is 65.5 Å². The second-order valence-electron chi connectivity index (χ2n) is 8.83. The molecule has 36 heavy (non-hydrogen) atoms. The van der Waals surface area contributed by atoms with E-state index < -0.39 is 5.82 Å². The first-order valence-electron chi connectivity index (χ1n) is 11.6. The summed E-state index contributed by atoms with van der Waals surface area (Å²) in [7, 11) is 0.